The molecule has 1 heterocycles. The first-order chi connectivity index (χ1) is 6.70. The Bertz CT molecular complexity index is 365. The first-order valence-electron chi connectivity index (χ1n) is 4.12. The Balaban J connectivity index is 3.12. The average molecular weight is 209 g/mol. The molecule has 0 saturated carbocycles. The number of thiophene rings is 1. The highest BCUT2D eigenvalue weighted by Gasteiger charge is 2.11. The van der Waals surface area contributed by atoms with Gasteiger partial charge in [-0.3, -0.25) is 9.59 Å². The van der Waals surface area contributed by atoms with Gasteiger partial charge in [0.25, 0.3) is 0 Å². The average Bonchev–Trinajstić information content (AvgIpc) is 2.71. The Hall–Kier alpha value is -1.42. The second-order valence-corrected chi connectivity index (χ2v) is 3.66. The molecule has 0 aliphatic rings. The van der Waals surface area contributed by atoms with E-state index in [0.29, 0.717) is 12.0 Å². The molecule has 0 amide bonds. The van der Waals surface area contributed by atoms with Crippen LogP contribution in [0.15, 0.2) is 23.2 Å². The van der Waals surface area contributed by atoms with Crippen molar-refractivity contribution < 1.29 is 9.59 Å². The Labute approximate surface area is 86.4 Å². The Kier molecular flexibility index (Phi) is 3.59. The van der Waals surface area contributed by atoms with Gasteiger partial charge in [0.1, 0.15) is 0 Å². The number of ketones is 1. The molecule has 0 bridgehead atoms. The predicted octanol–water partition coefficient (Wildman–Crippen LogP) is 1.47. The van der Waals surface area contributed by atoms with E-state index in [4.69, 9.17) is 0 Å². The van der Waals surface area contributed by atoms with Crippen molar-refractivity contribution in [1.29, 1.82) is 0 Å². The second kappa shape index (κ2) is 4.72. The van der Waals surface area contributed by atoms with Gasteiger partial charge in [-0.25, -0.2) is 0 Å². The lowest BCUT2D eigenvalue weighted by molar-refractivity contribution is -0.127. The van der Waals surface area contributed by atoms with Crippen LogP contribution in [0.1, 0.15) is 11.8 Å². The summed E-state index contributed by atoms with van der Waals surface area (Å²) in [6.45, 7) is 1.82. The number of carbonyl (C=O) groups excluding carboxylic acids is 2. The molecule has 0 saturated heterocycles. The van der Waals surface area contributed by atoms with Crippen molar-refractivity contribution in [3.8, 4) is 0 Å². The van der Waals surface area contributed by atoms with Gasteiger partial charge in [0.15, 0.2) is 6.29 Å². The zero-order valence-electron chi connectivity index (χ0n) is 8.03. The number of likely N-dealkylation sites (N-methyl/N-ethyl adjacent to an activating group) is 1. The van der Waals surface area contributed by atoms with Crippen LogP contribution in [0.3, 0.4) is 0 Å². The zero-order chi connectivity index (χ0) is 10.6. The molecule has 3 nitrogen and oxygen atoms in total. The normalized spacial score (nSPS) is 11.9. The third-order valence-electron chi connectivity index (χ3n) is 1.87. The van der Waals surface area contributed by atoms with Crippen LogP contribution in [-0.2, 0) is 9.59 Å². The molecular formula is C10H11NO2S. The topological polar surface area (TPSA) is 46.2 Å². The molecule has 0 fully saturated rings. The summed E-state index contributed by atoms with van der Waals surface area (Å²) in [5.74, 6) is -0.515. The molecule has 0 spiro atoms. The Morgan fingerprint density at radius 3 is 2.71 bits per heavy atom. The van der Waals surface area contributed by atoms with E-state index in [2.05, 4.69) is 5.32 Å². The standard InChI is InChI=1S/C10H11NO2S/c1-7(9-4-3-5-14-9)10(11-2)8(13)6-12/h3-6,11H,1-2H3/b10-7-. The van der Waals surface area contributed by atoms with Crippen LogP contribution in [-0.4, -0.2) is 19.1 Å². The Morgan fingerprint density at radius 2 is 2.29 bits per heavy atom. The van der Waals surface area contributed by atoms with Gasteiger partial charge in [0.05, 0.1) is 5.70 Å². The number of carbonyl (C=O) groups is 2. The van der Waals surface area contributed by atoms with Crippen LogP contribution in [0.25, 0.3) is 5.57 Å². The van der Waals surface area contributed by atoms with Crippen LogP contribution < -0.4 is 5.32 Å². The summed E-state index contributed by atoms with van der Waals surface area (Å²) in [6.07, 6.45) is 0.322. The highest BCUT2D eigenvalue weighted by molar-refractivity contribution is 7.11. The lowest BCUT2D eigenvalue weighted by Crippen LogP contribution is -2.18. The fraction of sp³-hybridized carbons (Fsp3) is 0.200. The lowest BCUT2D eigenvalue weighted by atomic mass is 10.1. The van der Waals surface area contributed by atoms with E-state index in [1.54, 1.807) is 7.05 Å². The molecule has 74 valence electrons. The summed E-state index contributed by atoms with van der Waals surface area (Å²) >= 11 is 1.54. The largest absolute Gasteiger partial charge is 0.385 e. The van der Waals surface area contributed by atoms with Crippen LogP contribution in [0.5, 0.6) is 0 Å². The van der Waals surface area contributed by atoms with E-state index in [9.17, 15) is 9.59 Å². The third kappa shape index (κ3) is 2.09. The molecule has 0 aliphatic heterocycles. The molecule has 1 aromatic heterocycles. The summed E-state index contributed by atoms with van der Waals surface area (Å²) in [7, 11) is 1.63. The first kappa shape index (κ1) is 10.7. The number of rotatable bonds is 4. The zero-order valence-corrected chi connectivity index (χ0v) is 8.85. The van der Waals surface area contributed by atoms with Crippen molar-refractivity contribution >= 4 is 29.0 Å². The van der Waals surface area contributed by atoms with E-state index in [-0.39, 0.29) is 0 Å². The summed E-state index contributed by atoms with van der Waals surface area (Å²) in [5, 5.41) is 4.67. The van der Waals surface area contributed by atoms with Crippen LogP contribution in [0.4, 0.5) is 0 Å². The number of aldehydes is 1. The van der Waals surface area contributed by atoms with Gasteiger partial charge >= 0.3 is 0 Å². The first-order valence-corrected chi connectivity index (χ1v) is 5.00. The molecule has 0 radical (unpaired) electrons. The Morgan fingerprint density at radius 1 is 1.57 bits per heavy atom. The van der Waals surface area contributed by atoms with E-state index >= 15 is 0 Å². The van der Waals surface area contributed by atoms with Crippen molar-refractivity contribution in [2.75, 3.05) is 7.05 Å². The minimum atomic E-state index is -0.515. The van der Waals surface area contributed by atoms with E-state index in [1.807, 2.05) is 24.4 Å². The number of nitrogens with one attached hydrogen (secondary N) is 1. The third-order valence-corrected chi connectivity index (χ3v) is 2.86. The maximum absolute atomic E-state index is 11.2. The molecule has 1 aromatic rings. The van der Waals surface area contributed by atoms with E-state index in [0.717, 1.165) is 10.5 Å². The van der Waals surface area contributed by atoms with Gasteiger partial charge in [-0.2, -0.15) is 0 Å². The van der Waals surface area contributed by atoms with Gasteiger partial charge in [0, 0.05) is 11.9 Å². The fourth-order valence-corrected chi connectivity index (χ4v) is 1.91. The van der Waals surface area contributed by atoms with E-state index < -0.39 is 5.78 Å². The lowest BCUT2D eigenvalue weighted by Gasteiger charge is -2.05. The molecule has 0 aromatic carbocycles. The van der Waals surface area contributed by atoms with Crippen LogP contribution in [0.2, 0.25) is 0 Å². The van der Waals surface area contributed by atoms with E-state index in [1.165, 1.54) is 11.3 Å². The molecule has 0 unspecified atom stereocenters. The maximum Gasteiger partial charge on any atom is 0.241 e. The van der Waals surface area contributed by atoms with Gasteiger partial charge in [-0.05, 0) is 23.9 Å². The highest BCUT2D eigenvalue weighted by Crippen LogP contribution is 2.21. The highest BCUT2D eigenvalue weighted by atomic mass is 32.1. The van der Waals surface area contributed by atoms with Gasteiger partial charge in [-0.1, -0.05) is 6.07 Å². The smallest absolute Gasteiger partial charge is 0.241 e. The van der Waals surface area contributed by atoms with Crippen LogP contribution >= 0.6 is 11.3 Å². The summed E-state index contributed by atoms with van der Waals surface area (Å²) in [6, 6.07) is 3.82. The van der Waals surface area contributed by atoms with Gasteiger partial charge < -0.3 is 5.32 Å². The molecule has 1 N–H and O–H groups in total. The molecule has 0 aliphatic carbocycles. The molecule has 0 atom stereocenters. The van der Waals surface area contributed by atoms with Crippen molar-refractivity contribution in [3.05, 3.63) is 28.1 Å². The predicted molar refractivity (Wildman–Crippen MR) is 57.0 cm³/mol. The maximum atomic E-state index is 11.2. The summed E-state index contributed by atoms with van der Waals surface area (Å²) < 4.78 is 0. The van der Waals surface area contributed by atoms with Crippen molar-refractivity contribution in [2.24, 2.45) is 0 Å². The molecular weight excluding hydrogens is 198 g/mol. The number of hydrogen-bond acceptors (Lipinski definition) is 4. The molecule has 1 rings (SSSR count). The summed E-state index contributed by atoms with van der Waals surface area (Å²) in [5.41, 5.74) is 1.17. The minimum Gasteiger partial charge on any atom is -0.385 e. The minimum absolute atomic E-state index is 0.322. The van der Waals surface area contributed by atoms with Crippen molar-refractivity contribution in [1.82, 2.24) is 5.32 Å². The number of allylic oxidation sites excluding steroid dienone is 2. The second-order valence-electron chi connectivity index (χ2n) is 2.71. The van der Waals surface area contributed by atoms with Crippen molar-refractivity contribution in [3.63, 3.8) is 0 Å². The van der Waals surface area contributed by atoms with Crippen LogP contribution in [0, 0.1) is 0 Å². The molecule has 4 heteroatoms. The van der Waals surface area contributed by atoms with Gasteiger partial charge in [0.2, 0.25) is 5.78 Å². The van der Waals surface area contributed by atoms with Crippen molar-refractivity contribution in [2.45, 2.75) is 6.92 Å². The van der Waals surface area contributed by atoms with Gasteiger partial charge in [-0.15, -0.1) is 11.3 Å². The SMILES string of the molecule is CN/C(C(=O)C=O)=C(/C)c1cccs1. The fourth-order valence-electron chi connectivity index (χ4n) is 1.17. The quantitative estimate of drug-likeness (QED) is 0.464. The summed E-state index contributed by atoms with van der Waals surface area (Å²) in [4.78, 5) is 22.5. The number of hydrogen-bond donors (Lipinski definition) is 1. The monoisotopic (exact) mass is 209 g/mol. The molecule has 14 heavy (non-hydrogen) atoms. The number of Topliss-reactive ketones (excluding diaryl/α,β-unsaturated/α-hetero) is 1.